The molecule has 1 aliphatic heterocycles. The van der Waals surface area contributed by atoms with E-state index in [1.807, 2.05) is 0 Å². The van der Waals surface area contributed by atoms with Gasteiger partial charge in [-0.25, -0.2) is 12.8 Å². The van der Waals surface area contributed by atoms with E-state index in [0.29, 0.717) is 11.0 Å². The molecule has 0 aromatic heterocycles. The average Bonchev–Trinajstić information content (AvgIpc) is 2.90. The summed E-state index contributed by atoms with van der Waals surface area (Å²) in [6.45, 7) is 1.38. The summed E-state index contributed by atoms with van der Waals surface area (Å²) in [5, 5.41) is 3.15. The van der Waals surface area contributed by atoms with Crippen LogP contribution in [0.25, 0.3) is 0 Å². The molecule has 2 N–H and O–H groups in total. The lowest BCUT2D eigenvalue weighted by molar-refractivity contribution is 0.598. The van der Waals surface area contributed by atoms with Crippen molar-refractivity contribution in [3.8, 4) is 0 Å². The van der Waals surface area contributed by atoms with E-state index < -0.39 is 15.8 Å². The Hall–Kier alpha value is -1.44. The summed E-state index contributed by atoms with van der Waals surface area (Å²) >= 11 is 3.19. The average molecular weight is 371 g/mol. The van der Waals surface area contributed by atoms with Gasteiger partial charge < -0.3 is 5.32 Å². The largest absolute Gasteiger partial charge is 0.309 e. The van der Waals surface area contributed by atoms with E-state index in [-0.39, 0.29) is 10.6 Å². The molecular formula is C14H12BrFN2O2S. The number of rotatable bonds is 3. The van der Waals surface area contributed by atoms with Crippen molar-refractivity contribution in [1.82, 2.24) is 5.32 Å². The normalized spacial score (nSPS) is 14.0. The Morgan fingerprint density at radius 2 is 1.86 bits per heavy atom. The highest BCUT2D eigenvalue weighted by molar-refractivity contribution is 9.10. The lowest BCUT2D eigenvalue weighted by Gasteiger charge is -2.10. The smallest absolute Gasteiger partial charge is 0.261 e. The van der Waals surface area contributed by atoms with E-state index >= 15 is 0 Å². The van der Waals surface area contributed by atoms with Gasteiger partial charge >= 0.3 is 0 Å². The second-order valence-corrected chi connectivity index (χ2v) is 7.36. The minimum absolute atomic E-state index is 0.0806. The molecule has 1 heterocycles. The zero-order valence-corrected chi connectivity index (χ0v) is 13.3. The molecule has 2 aromatic rings. The third kappa shape index (κ3) is 2.95. The van der Waals surface area contributed by atoms with Crippen molar-refractivity contribution in [1.29, 1.82) is 0 Å². The Morgan fingerprint density at radius 3 is 2.67 bits per heavy atom. The van der Waals surface area contributed by atoms with Crippen molar-refractivity contribution in [3.63, 3.8) is 0 Å². The fraction of sp³-hybridized carbons (Fsp3) is 0.143. The first-order chi connectivity index (χ1) is 9.95. The monoisotopic (exact) mass is 370 g/mol. The summed E-state index contributed by atoms with van der Waals surface area (Å²) in [5.41, 5.74) is 1.96. The van der Waals surface area contributed by atoms with Crippen molar-refractivity contribution in [2.45, 2.75) is 18.0 Å². The van der Waals surface area contributed by atoms with Gasteiger partial charge in [-0.1, -0.05) is 22.0 Å². The van der Waals surface area contributed by atoms with E-state index in [2.05, 4.69) is 26.0 Å². The number of anilines is 1. The van der Waals surface area contributed by atoms with Crippen LogP contribution in [0.2, 0.25) is 0 Å². The van der Waals surface area contributed by atoms with E-state index in [1.165, 1.54) is 24.3 Å². The molecule has 0 fully saturated rings. The molecule has 2 aromatic carbocycles. The SMILES string of the molecule is O=S(=O)(Nc1cc(Br)ccc1F)c1ccc2c(c1)CNC2. The van der Waals surface area contributed by atoms with Crippen molar-refractivity contribution in [2.75, 3.05) is 4.72 Å². The van der Waals surface area contributed by atoms with Crippen LogP contribution in [-0.2, 0) is 23.1 Å². The Bertz CT molecular complexity index is 809. The lowest BCUT2D eigenvalue weighted by Crippen LogP contribution is -2.14. The maximum absolute atomic E-state index is 13.7. The highest BCUT2D eigenvalue weighted by atomic mass is 79.9. The van der Waals surface area contributed by atoms with Gasteiger partial charge in [0.15, 0.2) is 0 Å². The lowest BCUT2D eigenvalue weighted by atomic mass is 10.1. The fourth-order valence-electron chi connectivity index (χ4n) is 2.22. The molecule has 0 bridgehead atoms. The quantitative estimate of drug-likeness (QED) is 0.872. The van der Waals surface area contributed by atoms with Gasteiger partial charge in [0.05, 0.1) is 10.6 Å². The van der Waals surface area contributed by atoms with Gasteiger partial charge in [-0.05, 0) is 41.5 Å². The Labute approximate surface area is 130 Å². The molecule has 21 heavy (non-hydrogen) atoms. The third-order valence-corrected chi connectivity index (χ3v) is 5.15. The predicted octanol–water partition coefficient (Wildman–Crippen LogP) is 2.99. The molecule has 0 spiro atoms. The van der Waals surface area contributed by atoms with Crippen LogP contribution in [0.4, 0.5) is 10.1 Å². The van der Waals surface area contributed by atoms with Gasteiger partial charge in [-0.3, -0.25) is 4.72 Å². The van der Waals surface area contributed by atoms with E-state index in [0.717, 1.165) is 17.7 Å². The molecule has 0 radical (unpaired) electrons. The molecule has 7 heteroatoms. The number of halogens is 2. The second kappa shape index (κ2) is 5.40. The number of hydrogen-bond acceptors (Lipinski definition) is 3. The summed E-state index contributed by atoms with van der Waals surface area (Å²) in [7, 11) is -3.81. The predicted molar refractivity (Wildman–Crippen MR) is 81.9 cm³/mol. The molecule has 3 rings (SSSR count). The third-order valence-electron chi connectivity index (χ3n) is 3.29. The maximum Gasteiger partial charge on any atom is 0.261 e. The van der Waals surface area contributed by atoms with Crippen molar-refractivity contribution >= 4 is 31.6 Å². The fourth-order valence-corrected chi connectivity index (χ4v) is 3.69. The van der Waals surface area contributed by atoms with E-state index in [4.69, 9.17) is 0 Å². The standard InChI is InChI=1S/C14H12BrFN2O2S/c15-11-2-4-13(16)14(6-11)18-21(19,20)12-3-1-9-7-17-8-10(9)5-12/h1-6,17-18H,7-8H2. The molecule has 0 saturated heterocycles. The highest BCUT2D eigenvalue weighted by Crippen LogP contribution is 2.25. The van der Waals surface area contributed by atoms with Gasteiger partial charge in [0, 0.05) is 17.6 Å². The summed E-state index contributed by atoms with van der Waals surface area (Å²) in [4.78, 5) is 0.129. The van der Waals surface area contributed by atoms with Crippen molar-refractivity contribution < 1.29 is 12.8 Å². The van der Waals surface area contributed by atoms with Crippen LogP contribution in [0.1, 0.15) is 11.1 Å². The van der Waals surface area contributed by atoms with Crippen LogP contribution in [0.3, 0.4) is 0 Å². The van der Waals surface area contributed by atoms with Crippen LogP contribution in [-0.4, -0.2) is 8.42 Å². The number of benzene rings is 2. The first kappa shape index (κ1) is 14.5. The number of hydrogen-bond donors (Lipinski definition) is 2. The van der Waals surface area contributed by atoms with Gasteiger partial charge in [0.25, 0.3) is 10.0 Å². The minimum Gasteiger partial charge on any atom is -0.309 e. The van der Waals surface area contributed by atoms with Crippen LogP contribution < -0.4 is 10.0 Å². The zero-order chi connectivity index (χ0) is 15.0. The molecule has 0 unspecified atom stereocenters. The molecule has 0 aliphatic carbocycles. The summed E-state index contributed by atoms with van der Waals surface area (Å²) in [6, 6.07) is 9.03. The topological polar surface area (TPSA) is 58.2 Å². The van der Waals surface area contributed by atoms with Crippen molar-refractivity contribution in [3.05, 3.63) is 57.8 Å². The van der Waals surface area contributed by atoms with E-state index in [9.17, 15) is 12.8 Å². The van der Waals surface area contributed by atoms with Crippen LogP contribution in [0, 0.1) is 5.82 Å². The van der Waals surface area contributed by atoms with Gasteiger partial charge in [-0.15, -0.1) is 0 Å². The van der Waals surface area contributed by atoms with Crippen LogP contribution >= 0.6 is 15.9 Å². The Kier molecular flexibility index (Phi) is 3.73. The van der Waals surface area contributed by atoms with Crippen LogP contribution in [0.5, 0.6) is 0 Å². The maximum atomic E-state index is 13.7. The molecule has 4 nitrogen and oxygen atoms in total. The van der Waals surface area contributed by atoms with Gasteiger partial charge in [-0.2, -0.15) is 0 Å². The first-order valence-corrected chi connectivity index (χ1v) is 8.54. The molecule has 1 aliphatic rings. The number of nitrogens with one attached hydrogen (secondary N) is 2. The summed E-state index contributed by atoms with van der Waals surface area (Å²) in [5.74, 6) is -0.621. The van der Waals surface area contributed by atoms with Gasteiger partial charge in [0.1, 0.15) is 5.82 Å². The Balaban J connectivity index is 1.95. The number of fused-ring (bicyclic) bond motifs is 1. The summed E-state index contributed by atoms with van der Waals surface area (Å²) in [6.07, 6.45) is 0. The number of sulfonamides is 1. The first-order valence-electron chi connectivity index (χ1n) is 6.26. The highest BCUT2D eigenvalue weighted by Gasteiger charge is 2.19. The summed E-state index contributed by atoms with van der Waals surface area (Å²) < 4.78 is 41.3. The molecule has 110 valence electrons. The van der Waals surface area contributed by atoms with Crippen LogP contribution in [0.15, 0.2) is 45.8 Å². The molecule has 0 saturated carbocycles. The van der Waals surface area contributed by atoms with Crippen molar-refractivity contribution in [2.24, 2.45) is 0 Å². The molecule has 0 atom stereocenters. The van der Waals surface area contributed by atoms with Gasteiger partial charge in [0.2, 0.25) is 0 Å². The second-order valence-electron chi connectivity index (χ2n) is 4.76. The molecular weight excluding hydrogens is 359 g/mol. The Morgan fingerprint density at radius 1 is 1.10 bits per heavy atom. The zero-order valence-electron chi connectivity index (χ0n) is 10.9. The van der Waals surface area contributed by atoms with E-state index in [1.54, 1.807) is 12.1 Å². The minimum atomic E-state index is -3.81. The molecule has 0 amide bonds.